The fourth-order valence-electron chi connectivity index (χ4n) is 1.63. The van der Waals surface area contributed by atoms with Gasteiger partial charge >= 0.3 is 5.97 Å². The van der Waals surface area contributed by atoms with Crippen LogP contribution in [0.25, 0.3) is 0 Å². The third-order valence-electron chi connectivity index (χ3n) is 2.37. The molecule has 12 heavy (non-hydrogen) atoms. The van der Waals surface area contributed by atoms with E-state index in [-0.39, 0.29) is 5.97 Å². The van der Waals surface area contributed by atoms with Crippen LogP contribution in [0.5, 0.6) is 0 Å². The van der Waals surface area contributed by atoms with Crippen LogP contribution in [-0.2, 0) is 9.53 Å². The van der Waals surface area contributed by atoms with E-state index in [1.807, 2.05) is 0 Å². The molecule has 0 bridgehead atoms. The first-order chi connectivity index (χ1) is 5.69. The monoisotopic (exact) mass is 170 g/mol. The Hall–Kier alpha value is -0.570. The van der Waals surface area contributed by atoms with Gasteiger partial charge in [-0.3, -0.25) is 0 Å². The first-order valence-corrected chi connectivity index (χ1v) is 4.61. The number of carbonyl (C=O) groups is 1. The van der Waals surface area contributed by atoms with Crippen LogP contribution >= 0.6 is 0 Å². The molecule has 0 heterocycles. The molecule has 1 rings (SSSR count). The number of rotatable bonds is 2. The fraction of sp³-hybridized carbons (Fsp3) is 0.889. The standard InChI is InChI=1S/C9H16NO2/c1-2-12-8(11)9(10)6-4-3-5-7-9/h10H,2-7H2,1H3. The second-order valence-electron chi connectivity index (χ2n) is 3.36. The summed E-state index contributed by atoms with van der Waals surface area (Å²) in [4.78, 5) is 11.3. The van der Waals surface area contributed by atoms with Gasteiger partial charge in [-0.05, 0) is 19.8 Å². The summed E-state index contributed by atoms with van der Waals surface area (Å²) in [6.07, 6.45) is 4.47. The molecule has 0 spiro atoms. The van der Waals surface area contributed by atoms with Crippen LogP contribution in [0.3, 0.4) is 0 Å². The zero-order valence-corrected chi connectivity index (χ0v) is 7.56. The van der Waals surface area contributed by atoms with Gasteiger partial charge in [-0.2, -0.15) is 0 Å². The molecule has 0 aromatic heterocycles. The van der Waals surface area contributed by atoms with Gasteiger partial charge in [0.2, 0.25) is 0 Å². The highest BCUT2D eigenvalue weighted by Gasteiger charge is 2.37. The third kappa shape index (κ3) is 1.97. The number of hydrogen-bond donors (Lipinski definition) is 0. The maximum Gasteiger partial charge on any atom is 0.327 e. The quantitative estimate of drug-likeness (QED) is 0.590. The largest absolute Gasteiger partial charge is 0.465 e. The topological polar surface area (TPSA) is 50.1 Å². The lowest BCUT2D eigenvalue weighted by atomic mass is 9.83. The highest BCUT2D eigenvalue weighted by atomic mass is 16.5. The average molecular weight is 170 g/mol. The molecule has 69 valence electrons. The van der Waals surface area contributed by atoms with Crippen LogP contribution in [0.1, 0.15) is 39.0 Å². The summed E-state index contributed by atoms with van der Waals surface area (Å²) in [7, 11) is 0. The molecule has 0 unspecified atom stereocenters. The Morgan fingerprint density at radius 1 is 1.42 bits per heavy atom. The highest BCUT2D eigenvalue weighted by molar-refractivity contribution is 5.80. The fourth-order valence-corrected chi connectivity index (χ4v) is 1.63. The summed E-state index contributed by atoms with van der Waals surface area (Å²) in [5.41, 5.74) is 6.93. The van der Waals surface area contributed by atoms with Crippen molar-refractivity contribution in [3.8, 4) is 0 Å². The first kappa shape index (κ1) is 9.52. The van der Waals surface area contributed by atoms with Gasteiger partial charge in [0.1, 0.15) is 5.54 Å². The van der Waals surface area contributed by atoms with Crippen molar-refractivity contribution in [2.24, 2.45) is 0 Å². The van der Waals surface area contributed by atoms with Crippen molar-refractivity contribution in [2.75, 3.05) is 6.61 Å². The van der Waals surface area contributed by atoms with Gasteiger partial charge < -0.3 is 4.74 Å². The minimum absolute atomic E-state index is 0.329. The molecular formula is C9H16NO2. The van der Waals surface area contributed by atoms with Crippen LogP contribution in [0.4, 0.5) is 0 Å². The summed E-state index contributed by atoms with van der Waals surface area (Å²) >= 11 is 0. The van der Waals surface area contributed by atoms with E-state index in [0.717, 1.165) is 19.3 Å². The van der Waals surface area contributed by atoms with E-state index in [2.05, 4.69) is 0 Å². The van der Waals surface area contributed by atoms with Gasteiger partial charge in [0.05, 0.1) is 6.61 Å². The van der Waals surface area contributed by atoms with Crippen LogP contribution < -0.4 is 5.73 Å². The normalized spacial score (nSPS) is 21.8. The Morgan fingerprint density at radius 2 is 2.00 bits per heavy atom. The molecule has 1 aliphatic rings. The smallest absolute Gasteiger partial charge is 0.327 e. The summed E-state index contributed by atoms with van der Waals surface area (Å²) in [6.45, 7) is 2.17. The predicted octanol–water partition coefficient (Wildman–Crippen LogP) is 1.54. The molecule has 0 aliphatic heterocycles. The minimum atomic E-state index is -0.922. The second kappa shape index (κ2) is 3.90. The van der Waals surface area contributed by atoms with Crippen molar-refractivity contribution in [2.45, 2.75) is 44.6 Å². The molecule has 0 atom stereocenters. The van der Waals surface area contributed by atoms with Gasteiger partial charge in [-0.15, -0.1) is 0 Å². The van der Waals surface area contributed by atoms with Crippen molar-refractivity contribution < 1.29 is 9.53 Å². The lowest BCUT2D eigenvalue weighted by Gasteiger charge is -2.29. The maximum absolute atomic E-state index is 11.3. The summed E-state index contributed by atoms with van der Waals surface area (Å²) < 4.78 is 4.86. The van der Waals surface area contributed by atoms with E-state index in [9.17, 15) is 4.79 Å². The third-order valence-corrected chi connectivity index (χ3v) is 2.37. The molecule has 0 aromatic carbocycles. The van der Waals surface area contributed by atoms with Crippen molar-refractivity contribution in [1.29, 1.82) is 0 Å². The Labute approximate surface area is 73.3 Å². The Morgan fingerprint density at radius 3 is 2.50 bits per heavy atom. The van der Waals surface area contributed by atoms with E-state index in [4.69, 9.17) is 10.5 Å². The number of esters is 1. The number of nitrogens with one attached hydrogen (secondary N) is 1. The number of hydrogen-bond acceptors (Lipinski definition) is 2. The van der Waals surface area contributed by atoms with Gasteiger partial charge in [-0.25, -0.2) is 10.5 Å². The van der Waals surface area contributed by atoms with Crippen molar-refractivity contribution >= 4 is 5.97 Å². The molecule has 0 amide bonds. The SMILES string of the molecule is CCOC(=O)C1([NH])CCCCC1. The molecule has 1 radical (unpaired) electrons. The van der Waals surface area contributed by atoms with E-state index in [1.165, 1.54) is 0 Å². The average Bonchev–Trinajstić information content (AvgIpc) is 2.06. The van der Waals surface area contributed by atoms with Crippen molar-refractivity contribution in [3.05, 3.63) is 0 Å². The maximum atomic E-state index is 11.3. The highest BCUT2D eigenvalue weighted by Crippen LogP contribution is 2.28. The molecule has 3 nitrogen and oxygen atoms in total. The summed E-state index contributed by atoms with van der Waals surface area (Å²) in [6, 6.07) is 0. The predicted molar refractivity (Wildman–Crippen MR) is 45.5 cm³/mol. The van der Waals surface area contributed by atoms with Crippen molar-refractivity contribution in [1.82, 2.24) is 5.73 Å². The Kier molecular flexibility index (Phi) is 3.09. The molecule has 1 N–H and O–H groups in total. The Balaban J connectivity index is 2.50. The van der Waals surface area contributed by atoms with Gasteiger partial charge in [0, 0.05) is 0 Å². The van der Waals surface area contributed by atoms with Crippen LogP contribution in [0.15, 0.2) is 0 Å². The van der Waals surface area contributed by atoms with Crippen molar-refractivity contribution in [3.63, 3.8) is 0 Å². The van der Waals surface area contributed by atoms with E-state index in [1.54, 1.807) is 6.92 Å². The van der Waals surface area contributed by atoms with Crippen LogP contribution in [0, 0.1) is 0 Å². The summed E-state index contributed by atoms with van der Waals surface area (Å²) in [5, 5.41) is 0. The zero-order valence-electron chi connectivity index (χ0n) is 7.56. The van der Waals surface area contributed by atoms with Gasteiger partial charge in [0.15, 0.2) is 0 Å². The van der Waals surface area contributed by atoms with E-state index >= 15 is 0 Å². The number of ether oxygens (including phenoxy) is 1. The van der Waals surface area contributed by atoms with Gasteiger partial charge in [0.25, 0.3) is 0 Å². The van der Waals surface area contributed by atoms with Gasteiger partial charge in [-0.1, -0.05) is 19.3 Å². The Bertz CT molecular complexity index is 162. The molecule has 0 saturated heterocycles. The molecular weight excluding hydrogens is 154 g/mol. The zero-order chi connectivity index (χ0) is 9.03. The lowest BCUT2D eigenvalue weighted by molar-refractivity contribution is -0.151. The molecule has 1 saturated carbocycles. The second-order valence-corrected chi connectivity index (χ2v) is 3.36. The lowest BCUT2D eigenvalue weighted by Crippen LogP contribution is -2.43. The first-order valence-electron chi connectivity index (χ1n) is 4.61. The molecule has 3 heteroatoms. The molecule has 1 aliphatic carbocycles. The molecule has 1 fully saturated rings. The van der Waals surface area contributed by atoms with Crippen LogP contribution in [-0.4, -0.2) is 18.1 Å². The minimum Gasteiger partial charge on any atom is -0.465 e. The van der Waals surface area contributed by atoms with Crippen LogP contribution in [0.2, 0.25) is 0 Å². The molecule has 0 aromatic rings. The number of carbonyl (C=O) groups excluding carboxylic acids is 1. The summed E-state index contributed by atoms with van der Waals surface area (Å²) in [5.74, 6) is -0.329. The van der Waals surface area contributed by atoms with E-state index in [0.29, 0.717) is 19.4 Å². The van der Waals surface area contributed by atoms with E-state index < -0.39 is 5.54 Å².